The molecule has 0 unspecified atom stereocenters. The van der Waals surface area contributed by atoms with Crippen LogP contribution < -0.4 is 15.8 Å². The fraction of sp³-hybridized carbons (Fsp3) is 0.533. The molecule has 0 atom stereocenters. The van der Waals surface area contributed by atoms with Crippen molar-refractivity contribution in [3.63, 3.8) is 0 Å². The standard InChI is InChI=1S/C15H23N3OS/c1-19-12-5-6-13(15(16)20)14(11-12)17-7-4-10-18-8-2-3-9-18/h5-6,11,17H,2-4,7-10H2,1H3,(H2,16,20). The molecule has 1 aliphatic heterocycles. The number of nitrogens with zero attached hydrogens (tertiary/aromatic N) is 1. The summed E-state index contributed by atoms with van der Waals surface area (Å²) in [5.41, 5.74) is 7.59. The number of thiocarbonyl (C=S) groups is 1. The number of hydrogen-bond acceptors (Lipinski definition) is 4. The Morgan fingerprint density at radius 2 is 2.15 bits per heavy atom. The monoisotopic (exact) mass is 293 g/mol. The number of methoxy groups -OCH3 is 1. The van der Waals surface area contributed by atoms with Crippen molar-refractivity contribution in [2.45, 2.75) is 19.3 Å². The Labute approximate surface area is 126 Å². The predicted molar refractivity (Wildman–Crippen MR) is 87.7 cm³/mol. The van der Waals surface area contributed by atoms with Crippen LogP contribution in [-0.4, -0.2) is 43.2 Å². The Morgan fingerprint density at radius 3 is 2.80 bits per heavy atom. The molecule has 1 heterocycles. The van der Waals surface area contributed by atoms with Crippen LogP contribution in [0.3, 0.4) is 0 Å². The van der Waals surface area contributed by atoms with E-state index < -0.39 is 0 Å². The fourth-order valence-corrected chi connectivity index (χ4v) is 2.72. The SMILES string of the molecule is COc1ccc(C(N)=S)c(NCCCN2CCCC2)c1. The van der Waals surface area contributed by atoms with Gasteiger partial charge in [0.15, 0.2) is 0 Å². The van der Waals surface area contributed by atoms with Gasteiger partial charge in [-0.3, -0.25) is 0 Å². The van der Waals surface area contributed by atoms with Crippen LogP contribution in [-0.2, 0) is 0 Å². The van der Waals surface area contributed by atoms with E-state index in [0.717, 1.165) is 36.5 Å². The van der Waals surface area contributed by atoms with Gasteiger partial charge in [-0.1, -0.05) is 12.2 Å². The molecule has 20 heavy (non-hydrogen) atoms. The molecule has 0 saturated carbocycles. The first-order valence-electron chi connectivity index (χ1n) is 7.15. The summed E-state index contributed by atoms with van der Waals surface area (Å²) in [7, 11) is 1.66. The third kappa shape index (κ3) is 4.08. The second-order valence-electron chi connectivity index (χ2n) is 5.10. The van der Waals surface area contributed by atoms with Gasteiger partial charge in [0.25, 0.3) is 0 Å². The van der Waals surface area contributed by atoms with Crippen molar-refractivity contribution >= 4 is 22.9 Å². The summed E-state index contributed by atoms with van der Waals surface area (Å²) in [4.78, 5) is 2.93. The Hall–Kier alpha value is -1.33. The van der Waals surface area contributed by atoms with E-state index in [1.54, 1.807) is 7.11 Å². The molecule has 1 aromatic rings. The highest BCUT2D eigenvalue weighted by atomic mass is 32.1. The van der Waals surface area contributed by atoms with E-state index in [0.29, 0.717) is 4.99 Å². The minimum atomic E-state index is 0.412. The average Bonchev–Trinajstić information content (AvgIpc) is 2.96. The highest BCUT2D eigenvalue weighted by molar-refractivity contribution is 7.80. The van der Waals surface area contributed by atoms with Gasteiger partial charge in [-0.25, -0.2) is 0 Å². The minimum Gasteiger partial charge on any atom is -0.497 e. The normalized spacial score (nSPS) is 15.2. The van der Waals surface area contributed by atoms with Gasteiger partial charge in [0.2, 0.25) is 0 Å². The van der Waals surface area contributed by atoms with E-state index in [-0.39, 0.29) is 0 Å². The van der Waals surface area contributed by atoms with Gasteiger partial charge < -0.3 is 20.7 Å². The largest absolute Gasteiger partial charge is 0.497 e. The lowest BCUT2D eigenvalue weighted by molar-refractivity contribution is 0.337. The summed E-state index contributed by atoms with van der Waals surface area (Å²) in [5, 5.41) is 3.42. The molecule has 0 aliphatic carbocycles. The summed E-state index contributed by atoms with van der Waals surface area (Å²) < 4.78 is 5.24. The highest BCUT2D eigenvalue weighted by Gasteiger charge is 2.11. The molecule has 2 rings (SSSR count). The van der Waals surface area contributed by atoms with E-state index in [4.69, 9.17) is 22.7 Å². The van der Waals surface area contributed by atoms with Crippen molar-refractivity contribution in [3.8, 4) is 5.75 Å². The zero-order chi connectivity index (χ0) is 14.4. The van der Waals surface area contributed by atoms with Crippen LogP contribution in [0.4, 0.5) is 5.69 Å². The second kappa shape index (κ2) is 7.45. The Balaban J connectivity index is 1.88. The molecule has 5 heteroatoms. The molecule has 0 aromatic heterocycles. The molecule has 4 nitrogen and oxygen atoms in total. The molecular weight excluding hydrogens is 270 g/mol. The zero-order valence-electron chi connectivity index (χ0n) is 12.0. The first kappa shape index (κ1) is 15.1. The lowest BCUT2D eigenvalue weighted by atomic mass is 10.1. The van der Waals surface area contributed by atoms with Crippen molar-refractivity contribution in [2.75, 3.05) is 38.6 Å². The third-order valence-corrected chi connectivity index (χ3v) is 3.88. The van der Waals surface area contributed by atoms with Gasteiger partial charge in [-0.2, -0.15) is 0 Å². The molecule has 0 spiro atoms. The lowest BCUT2D eigenvalue weighted by Gasteiger charge is -2.16. The smallest absolute Gasteiger partial charge is 0.120 e. The molecular formula is C15H23N3OS. The van der Waals surface area contributed by atoms with Gasteiger partial charge in [0, 0.05) is 23.9 Å². The van der Waals surface area contributed by atoms with Crippen LogP contribution in [0.5, 0.6) is 5.75 Å². The van der Waals surface area contributed by atoms with Crippen LogP contribution in [0, 0.1) is 0 Å². The molecule has 1 saturated heterocycles. The molecule has 3 N–H and O–H groups in total. The van der Waals surface area contributed by atoms with Crippen LogP contribution in [0.2, 0.25) is 0 Å². The summed E-state index contributed by atoms with van der Waals surface area (Å²) >= 11 is 5.08. The van der Waals surface area contributed by atoms with E-state index >= 15 is 0 Å². The maximum absolute atomic E-state index is 5.75. The topological polar surface area (TPSA) is 50.5 Å². The van der Waals surface area contributed by atoms with E-state index in [9.17, 15) is 0 Å². The van der Waals surface area contributed by atoms with Gasteiger partial charge in [0.05, 0.1) is 7.11 Å². The number of hydrogen-bond donors (Lipinski definition) is 2. The molecule has 0 bridgehead atoms. The zero-order valence-corrected chi connectivity index (χ0v) is 12.8. The molecule has 110 valence electrons. The van der Waals surface area contributed by atoms with Crippen LogP contribution in [0.1, 0.15) is 24.8 Å². The highest BCUT2D eigenvalue weighted by Crippen LogP contribution is 2.22. The molecule has 1 aromatic carbocycles. The van der Waals surface area contributed by atoms with Gasteiger partial charge in [-0.15, -0.1) is 0 Å². The van der Waals surface area contributed by atoms with Crippen LogP contribution in [0.15, 0.2) is 18.2 Å². The Kier molecular flexibility index (Phi) is 5.61. The van der Waals surface area contributed by atoms with E-state index in [2.05, 4.69) is 10.2 Å². The summed E-state index contributed by atoms with van der Waals surface area (Å²) in [6, 6.07) is 5.73. The third-order valence-electron chi connectivity index (χ3n) is 3.66. The minimum absolute atomic E-state index is 0.412. The van der Waals surface area contributed by atoms with E-state index in [1.165, 1.54) is 25.9 Å². The molecule has 0 radical (unpaired) electrons. The first-order chi connectivity index (χ1) is 9.70. The lowest BCUT2D eigenvalue weighted by Crippen LogP contribution is -2.22. The summed E-state index contributed by atoms with van der Waals surface area (Å²) in [6.45, 7) is 4.56. The van der Waals surface area contributed by atoms with Crippen molar-refractivity contribution in [2.24, 2.45) is 5.73 Å². The quantitative estimate of drug-likeness (QED) is 0.596. The van der Waals surface area contributed by atoms with Crippen molar-refractivity contribution < 1.29 is 4.74 Å². The van der Waals surface area contributed by atoms with Crippen molar-refractivity contribution in [3.05, 3.63) is 23.8 Å². The number of ether oxygens (including phenoxy) is 1. The van der Waals surface area contributed by atoms with Crippen molar-refractivity contribution in [1.82, 2.24) is 4.90 Å². The average molecular weight is 293 g/mol. The fourth-order valence-electron chi connectivity index (χ4n) is 2.54. The van der Waals surface area contributed by atoms with Gasteiger partial charge in [0.1, 0.15) is 10.7 Å². The van der Waals surface area contributed by atoms with Crippen LogP contribution >= 0.6 is 12.2 Å². The van der Waals surface area contributed by atoms with Gasteiger partial charge >= 0.3 is 0 Å². The summed E-state index contributed by atoms with van der Waals surface area (Å²) in [5.74, 6) is 0.812. The Bertz CT molecular complexity index is 458. The number of likely N-dealkylation sites (tertiary alicyclic amines) is 1. The number of nitrogens with one attached hydrogen (secondary N) is 1. The molecule has 0 amide bonds. The maximum atomic E-state index is 5.75. The van der Waals surface area contributed by atoms with E-state index in [1.807, 2.05) is 18.2 Å². The molecule has 1 aliphatic rings. The Morgan fingerprint density at radius 1 is 1.40 bits per heavy atom. The van der Waals surface area contributed by atoms with Crippen LogP contribution in [0.25, 0.3) is 0 Å². The predicted octanol–water partition coefficient (Wildman–Crippen LogP) is 2.23. The first-order valence-corrected chi connectivity index (χ1v) is 7.55. The van der Waals surface area contributed by atoms with Gasteiger partial charge in [-0.05, 0) is 51.0 Å². The number of rotatable bonds is 7. The second-order valence-corrected chi connectivity index (χ2v) is 5.54. The maximum Gasteiger partial charge on any atom is 0.120 e. The molecule has 1 fully saturated rings. The number of nitrogens with two attached hydrogens (primary N) is 1. The number of anilines is 1. The number of benzene rings is 1. The van der Waals surface area contributed by atoms with Crippen molar-refractivity contribution in [1.29, 1.82) is 0 Å². The summed E-state index contributed by atoms with van der Waals surface area (Å²) in [6.07, 6.45) is 3.80.